The van der Waals surface area contributed by atoms with Gasteiger partial charge in [-0.25, -0.2) is 4.79 Å². The lowest BCUT2D eigenvalue weighted by Gasteiger charge is -2.32. The van der Waals surface area contributed by atoms with Gasteiger partial charge in [0.25, 0.3) is 0 Å². The molecule has 144 valence electrons. The number of carbonyl (C=O) groups is 2. The molecule has 1 fully saturated rings. The van der Waals surface area contributed by atoms with Crippen molar-refractivity contribution in [1.29, 1.82) is 0 Å². The molecule has 1 N–H and O–H groups in total. The number of carbonyl (C=O) groups excluding carboxylic acids is 2. The molecule has 1 aliphatic heterocycles. The van der Waals surface area contributed by atoms with Gasteiger partial charge in [0.05, 0.1) is 11.6 Å². The molecule has 3 amide bonds. The van der Waals surface area contributed by atoms with Gasteiger partial charge in [0, 0.05) is 43.7 Å². The van der Waals surface area contributed by atoms with E-state index in [4.69, 9.17) is 16.3 Å². The van der Waals surface area contributed by atoms with E-state index in [1.807, 2.05) is 32.6 Å². The smallest absolute Gasteiger partial charge is 0.321 e. The highest BCUT2D eigenvalue weighted by Crippen LogP contribution is 2.28. The Morgan fingerprint density at radius 3 is 2.65 bits per heavy atom. The first-order chi connectivity index (χ1) is 12.1. The second-order valence-corrected chi connectivity index (χ2v) is 8.04. The van der Waals surface area contributed by atoms with Crippen LogP contribution in [0, 0.1) is 5.92 Å². The Morgan fingerprint density at radius 2 is 2.12 bits per heavy atom. The second-order valence-electron chi connectivity index (χ2n) is 7.63. The number of halogens is 1. The molecule has 0 spiro atoms. The third-order valence-corrected chi connectivity index (χ3v) is 4.67. The summed E-state index contributed by atoms with van der Waals surface area (Å²) in [6.45, 7) is 9.69. The number of rotatable bonds is 5. The maximum atomic E-state index is 12.4. The van der Waals surface area contributed by atoms with Gasteiger partial charge < -0.3 is 19.9 Å². The molecule has 2 rings (SSSR count). The van der Waals surface area contributed by atoms with Crippen LogP contribution in [0.2, 0.25) is 5.02 Å². The van der Waals surface area contributed by atoms with Crippen LogP contribution in [0.4, 0.5) is 10.5 Å². The number of benzene rings is 1. The number of ether oxygens (including phenoxy) is 1. The van der Waals surface area contributed by atoms with E-state index >= 15 is 0 Å². The summed E-state index contributed by atoms with van der Waals surface area (Å²) in [6, 6.07) is 4.92. The summed E-state index contributed by atoms with van der Waals surface area (Å²) in [5.41, 5.74) is 0.417. The summed E-state index contributed by atoms with van der Waals surface area (Å²) < 4.78 is 5.39. The Labute approximate surface area is 160 Å². The monoisotopic (exact) mass is 381 g/mol. The lowest BCUT2D eigenvalue weighted by Crippen LogP contribution is -2.43. The van der Waals surface area contributed by atoms with Gasteiger partial charge in [-0.15, -0.1) is 0 Å². The van der Waals surface area contributed by atoms with Crippen molar-refractivity contribution in [1.82, 2.24) is 9.80 Å². The first-order valence-corrected chi connectivity index (χ1v) is 9.24. The van der Waals surface area contributed by atoms with E-state index in [0.717, 1.165) is 0 Å². The number of hydrogen-bond donors (Lipinski definition) is 1. The van der Waals surface area contributed by atoms with Gasteiger partial charge in [-0.3, -0.25) is 4.79 Å². The zero-order chi connectivity index (χ0) is 19.5. The molecule has 26 heavy (non-hydrogen) atoms. The van der Waals surface area contributed by atoms with Crippen LogP contribution in [0.5, 0.6) is 5.75 Å². The van der Waals surface area contributed by atoms with Crippen LogP contribution in [0.3, 0.4) is 0 Å². The van der Waals surface area contributed by atoms with Crippen molar-refractivity contribution < 1.29 is 14.3 Å². The summed E-state index contributed by atoms with van der Waals surface area (Å²) in [5.74, 6) is 0.878. The van der Waals surface area contributed by atoms with E-state index < -0.39 is 0 Å². The van der Waals surface area contributed by atoms with Gasteiger partial charge in [-0.2, -0.15) is 0 Å². The summed E-state index contributed by atoms with van der Waals surface area (Å²) in [4.78, 5) is 28.1. The molecule has 0 aliphatic carbocycles. The fraction of sp³-hybridized carbons (Fsp3) is 0.579. The maximum Gasteiger partial charge on any atom is 0.321 e. The van der Waals surface area contributed by atoms with Gasteiger partial charge in [-0.05, 0) is 45.9 Å². The number of nitrogens with one attached hydrogen (secondary N) is 1. The minimum Gasteiger partial charge on any atom is -0.492 e. The molecule has 0 aromatic heterocycles. The molecule has 0 saturated carbocycles. The van der Waals surface area contributed by atoms with E-state index in [2.05, 4.69) is 5.32 Å². The topological polar surface area (TPSA) is 61.9 Å². The first kappa shape index (κ1) is 20.4. The van der Waals surface area contributed by atoms with Crippen LogP contribution in [-0.4, -0.2) is 54.0 Å². The summed E-state index contributed by atoms with van der Waals surface area (Å²) in [7, 11) is 1.73. The Bertz CT molecular complexity index is 672. The van der Waals surface area contributed by atoms with E-state index in [9.17, 15) is 9.59 Å². The van der Waals surface area contributed by atoms with Crippen LogP contribution in [0.15, 0.2) is 18.2 Å². The van der Waals surface area contributed by atoms with Crippen molar-refractivity contribution >= 4 is 29.2 Å². The molecule has 6 nitrogen and oxygen atoms in total. The average molecular weight is 382 g/mol. The van der Waals surface area contributed by atoms with Gasteiger partial charge in [-0.1, -0.05) is 11.6 Å². The van der Waals surface area contributed by atoms with Crippen molar-refractivity contribution in [3.05, 3.63) is 23.2 Å². The number of amides is 3. The highest BCUT2D eigenvalue weighted by molar-refractivity contribution is 6.32. The summed E-state index contributed by atoms with van der Waals surface area (Å²) >= 11 is 6.15. The molecule has 1 aromatic carbocycles. The predicted molar refractivity (Wildman–Crippen MR) is 104 cm³/mol. The number of anilines is 1. The highest BCUT2D eigenvalue weighted by atomic mass is 35.5. The minimum absolute atomic E-state index is 0.140. The highest BCUT2D eigenvalue weighted by Gasteiger charge is 2.36. The molecule has 1 saturated heterocycles. The second kappa shape index (κ2) is 8.16. The first-order valence-electron chi connectivity index (χ1n) is 8.86. The van der Waals surface area contributed by atoms with E-state index in [-0.39, 0.29) is 23.4 Å². The number of hydrogen-bond acceptors (Lipinski definition) is 3. The average Bonchev–Trinajstić information content (AvgIpc) is 2.90. The molecule has 1 aromatic rings. The molecular formula is C19H28ClN3O3. The predicted octanol–water partition coefficient (Wildman–Crippen LogP) is 3.85. The SMILES string of the molecule is CCOc1ccc(NC(=O)N(C)CC2CC(=O)N(C(C)(C)C)C2)cc1Cl. The van der Waals surface area contributed by atoms with Gasteiger partial charge in [0.1, 0.15) is 5.75 Å². The van der Waals surface area contributed by atoms with E-state index in [1.165, 1.54) is 0 Å². The van der Waals surface area contributed by atoms with Crippen molar-refractivity contribution in [2.24, 2.45) is 5.92 Å². The maximum absolute atomic E-state index is 12.4. The fourth-order valence-electron chi connectivity index (χ4n) is 3.09. The largest absolute Gasteiger partial charge is 0.492 e. The van der Waals surface area contributed by atoms with E-state index in [1.54, 1.807) is 30.1 Å². The van der Waals surface area contributed by atoms with Crippen molar-refractivity contribution in [2.75, 3.05) is 32.1 Å². The van der Waals surface area contributed by atoms with Crippen LogP contribution in [-0.2, 0) is 4.79 Å². The molecule has 7 heteroatoms. The molecule has 1 aliphatic rings. The fourth-order valence-corrected chi connectivity index (χ4v) is 3.33. The third kappa shape index (κ3) is 5.04. The van der Waals surface area contributed by atoms with Crippen molar-refractivity contribution in [2.45, 2.75) is 39.7 Å². The van der Waals surface area contributed by atoms with E-state index in [0.29, 0.717) is 42.6 Å². The zero-order valence-electron chi connectivity index (χ0n) is 16.1. The number of likely N-dealkylation sites (tertiary alicyclic amines) is 1. The van der Waals surface area contributed by atoms with Crippen LogP contribution in [0.25, 0.3) is 0 Å². The molecule has 0 bridgehead atoms. The Kier molecular flexibility index (Phi) is 6.39. The van der Waals surface area contributed by atoms with Crippen molar-refractivity contribution in [3.8, 4) is 5.75 Å². The zero-order valence-corrected chi connectivity index (χ0v) is 16.9. The Hall–Kier alpha value is -1.95. The molecule has 0 radical (unpaired) electrons. The van der Waals surface area contributed by atoms with Gasteiger partial charge in [0.15, 0.2) is 0 Å². The number of nitrogens with zero attached hydrogens (tertiary/aromatic N) is 2. The molecule has 1 heterocycles. The Morgan fingerprint density at radius 1 is 1.42 bits per heavy atom. The third-order valence-electron chi connectivity index (χ3n) is 4.38. The van der Waals surface area contributed by atoms with Gasteiger partial charge >= 0.3 is 6.03 Å². The number of urea groups is 1. The lowest BCUT2D eigenvalue weighted by atomic mass is 10.1. The van der Waals surface area contributed by atoms with Gasteiger partial charge in [0.2, 0.25) is 5.91 Å². The standard InChI is InChI=1S/C19H28ClN3O3/c1-6-26-16-8-7-14(10-15(16)20)21-18(25)22(5)11-13-9-17(24)23(12-13)19(2,3)4/h7-8,10,13H,6,9,11-12H2,1-5H3,(H,21,25). The molecule has 1 atom stereocenters. The Balaban J connectivity index is 1.92. The molecule has 1 unspecified atom stereocenters. The van der Waals surface area contributed by atoms with Crippen molar-refractivity contribution in [3.63, 3.8) is 0 Å². The minimum atomic E-state index is -0.230. The van der Waals surface area contributed by atoms with Crippen LogP contribution < -0.4 is 10.1 Å². The normalized spacial score (nSPS) is 17.4. The molecular weight excluding hydrogens is 354 g/mol. The quantitative estimate of drug-likeness (QED) is 0.842. The van der Waals surface area contributed by atoms with Crippen LogP contribution >= 0.6 is 11.6 Å². The lowest BCUT2D eigenvalue weighted by molar-refractivity contribution is -0.131. The van der Waals surface area contributed by atoms with Crippen LogP contribution in [0.1, 0.15) is 34.1 Å². The summed E-state index contributed by atoms with van der Waals surface area (Å²) in [5, 5.41) is 3.28. The summed E-state index contributed by atoms with van der Waals surface area (Å²) in [6.07, 6.45) is 0.476.